The topological polar surface area (TPSA) is 119 Å². The number of benzene rings is 1. The number of hydrogen-bond acceptors (Lipinski definition) is 8. The van der Waals surface area contributed by atoms with E-state index in [9.17, 15) is 13.2 Å². The summed E-state index contributed by atoms with van der Waals surface area (Å²) in [5.41, 5.74) is 1.03. The van der Waals surface area contributed by atoms with E-state index in [1.54, 1.807) is 11.1 Å². The lowest BCUT2D eigenvalue weighted by molar-refractivity contribution is 0.0743. The van der Waals surface area contributed by atoms with E-state index in [0.717, 1.165) is 15.5 Å². The number of primary sulfonamides is 1. The van der Waals surface area contributed by atoms with Crippen LogP contribution in [0.25, 0.3) is 10.3 Å². The smallest absolute Gasteiger partial charge is 0.257 e. The van der Waals surface area contributed by atoms with Crippen molar-refractivity contribution in [2.75, 3.05) is 38.2 Å². The number of aromatic nitrogens is 2. The van der Waals surface area contributed by atoms with Crippen LogP contribution >= 0.6 is 11.3 Å². The van der Waals surface area contributed by atoms with Crippen LogP contribution in [0.5, 0.6) is 5.75 Å². The third-order valence-corrected chi connectivity index (χ3v) is 6.67. The second kappa shape index (κ2) is 7.58. The van der Waals surface area contributed by atoms with Gasteiger partial charge in [0, 0.05) is 32.4 Å². The zero-order valence-electron chi connectivity index (χ0n) is 15.6. The molecule has 0 unspecified atom stereocenters. The number of amides is 1. The van der Waals surface area contributed by atoms with Crippen molar-refractivity contribution >= 4 is 42.7 Å². The molecule has 3 heterocycles. The van der Waals surface area contributed by atoms with Crippen LogP contribution in [-0.2, 0) is 10.0 Å². The molecule has 0 saturated carbocycles. The minimum atomic E-state index is -3.92. The average Bonchev–Trinajstić information content (AvgIpc) is 3.16. The maximum Gasteiger partial charge on any atom is 0.257 e. The molecule has 2 aromatic heterocycles. The lowest BCUT2D eigenvalue weighted by atomic mass is 10.1. The van der Waals surface area contributed by atoms with Crippen LogP contribution < -0.4 is 14.8 Å². The minimum absolute atomic E-state index is 0.123. The van der Waals surface area contributed by atoms with Crippen molar-refractivity contribution in [3.8, 4) is 5.75 Å². The largest absolute Gasteiger partial charge is 0.496 e. The van der Waals surface area contributed by atoms with E-state index in [0.29, 0.717) is 31.9 Å². The van der Waals surface area contributed by atoms with Crippen molar-refractivity contribution in [3.05, 3.63) is 42.1 Å². The van der Waals surface area contributed by atoms with Gasteiger partial charge < -0.3 is 14.5 Å². The SMILES string of the molecule is COc1ccc(S(N)(=O)=O)cc1C(=O)N1CCN(c2nc3cccnc3s2)CC1. The highest BCUT2D eigenvalue weighted by Crippen LogP contribution is 2.29. The minimum Gasteiger partial charge on any atom is -0.496 e. The Morgan fingerprint density at radius 2 is 1.97 bits per heavy atom. The van der Waals surface area contributed by atoms with Crippen molar-refractivity contribution in [1.82, 2.24) is 14.9 Å². The predicted molar refractivity (Wildman–Crippen MR) is 110 cm³/mol. The van der Waals surface area contributed by atoms with Gasteiger partial charge in [-0.05, 0) is 30.3 Å². The molecule has 4 rings (SSSR count). The Morgan fingerprint density at radius 1 is 1.21 bits per heavy atom. The molecule has 0 spiro atoms. The van der Waals surface area contributed by atoms with Crippen LogP contribution in [0.15, 0.2) is 41.4 Å². The van der Waals surface area contributed by atoms with Crippen molar-refractivity contribution in [3.63, 3.8) is 0 Å². The summed E-state index contributed by atoms with van der Waals surface area (Å²) < 4.78 is 28.5. The summed E-state index contributed by atoms with van der Waals surface area (Å²) in [6.45, 7) is 2.18. The molecule has 0 aliphatic carbocycles. The molecular weight excluding hydrogens is 414 g/mol. The number of nitrogens with two attached hydrogens (primary N) is 1. The molecule has 0 atom stereocenters. The van der Waals surface area contributed by atoms with Gasteiger partial charge >= 0.3 is 0 Å². The van der Waals surface area contributed by atoms with Crippen molar-refractivity contribution in [1.29, 1.82) is 0 Å². The molecule has 1 aromatic carbocycles. The van der Waals surface area contributed by atoms with E-state index < -0.39 is 10.0 Å². The molecule has 1 fully saturated rings. The van der Waals surface area contributed by atoms with Crippen LogP contribution in [0.3, 0.4) is 0 Å². The number of methoxy groups -OCH3 is 1. The number of hydrogen-bond donors (Lipinski definition) is 1. The van der Waals surface area contributed by atoms with Gasteiger partial charge in [-0.3, -0.25) is 4.79 Å². The number of sulfonamides is 1. The lowest BCUT2D eigenvalue weighted by Crippen LogP contribution is -2.48. The first-order chi connectivity index (χ1) is 13.9. The van der Waals surface area contributed by atoms with Crippen LogP contribution in [0.2, 0.25) is 0 Å². The maximum absolute atomic E-state index is 13.0. The summed E-state index contributed by atoms with van der Waals surface area (Å²) in [5.74, 6) is 0.0139. The Kier molecular flexibility index (Phi) is 5.11. The molecule has 152 valence electrons. The van der Waals surface area contributed by atoms with Gasteiger partial charge in [-0.2, -0.15) is 0 Å². The predicted octanol–water partition coefficient (Wildman–Crippen LogP) is 1.31. The fourth-order valence-electron chi connectivity index (χ4n) is 3.20. The Morgan fingerprint density at radius 3 is 2.62 bits per heavy atom. The van der Waals surface area contributed by atoms with Crippen molar-refractivity contribution < 1.29 is 17.9 Å². The fourth-order valence-corrected chi connectivity index (χ4v) is 4.70. The molecule has 9 nitrogen and oxygen atoms in total. The van der Waals surface area contributed by atoms with Gasteiger partial charge in [-0.15, -0.1) is 0 Å². The zero-order chi connectivity index (χ0) is 20.6. The van der Waals surface area contributed by atoms with Crippen molar-refractivity contribution in [2.24, 2.45) is 5.14 Å². The van der Waals surface area contributed by atoms with Gasteiger partial charge in [0.15, 0.2) is 5.13 Å². The van der Waals surface area contributed by atoms with Gasteiger partial charge in [-0.25, -0.2) is 23.5 Å². The number of anilines is 1. The quantitative estimate of drug-likeness (QED) is 0.659. The second-order valence-electron chi connectivity index (χ2n) is 6.51. The highest BCUT2D eigenvalue weighted by atomic mass is 32.2. The molecular formula is C18H19N5O4S2. The van der Waals surface area contributed by atoms with Crippen LogP contribution in [-0.4, -0.2) is 62.5 Å². The lowest BCUT2D eigenvalue weighted by Gasteiger charge is -2.34. The first kappa shape index (κ1) is 19.6. The fraction of sp³-hybridized carbons (Fsp3) is 0.278. The molecule has 2 N–H and O–H groups in total. The summed E-state index contributed by atoms with van der Waals surface area (Å²) in [7, 11) is -2.49. The van der Waals surface area contributed by atoms with Gasteiger partial charge in [0.1, 0.15) is 16.1 Å². The molecule has 0 bridgehead atoms. The summed E-state index contributed by atoms with van der Waals surface area (Å²) in [6.07, 6.45) is 1.74. The number of ether oxygens (including phenoxy) is 1. The van der Waals surface area contributed by atoms with Gasteiger partial charge in [0.25, 0.3) is 5.91 Å². The third kappa shape index (κ3) is 3.88. The first-order valence-electron chi connectivity index (χ1n) is 8.83. The van der Waals surface area contributed by atoms with Gasteiger partial charge in [0.05, 0.1) is 17.6 Å². The standard InChI is InChI=1S/C18H19N5O4S2/c1-27-15-5-4-12(29(19,25)26)11-13(15)17(24)22-7-9-23(10-8-22)18-21-14-3-2-6-20-16(14)28-18/h2-6,11H,7-10H2,1H3,(H2,19,25,26). The second-order valence-corrected chi connectivity index (χ2v) is 9.03. The number of nitrogens with zero attached hydrogens (tertiary/aromatic N) is 4. The molecule has 1 aliphatic rings. The number of fused-ring (bicyclic) bond motifs is 1. The highest BCUT2D eigenvalue weighted by Gasteiger charge is 2.27. The molecule has 1 aliphatic heterocycles. The monoisotopic (exact) mass is 433 g/mol. The summed E-state index contributed by atoms with van der Waals surface area (Å²) >= 11 is 1.52. The molecule has 11 heteroatoms. The molecule has 29 heavy (non-hydrogen) atoms. The van der Waals surface area contributed by atoms with E-state index in [2.05, 4.69) is 14.9 Å². The number of piperazine rings is 1. The van der Waals surface area contributed by atoms with E-state index in [1.807, 2.05) is 12.1 Å². The van der Waals surface area contributed by atoms with E-state index in [-0.39, 0.29) is 16.4 Å². The third-order valence-electron chi connectivity index (χ3n) is 4.72. The zero-order valence-corrected chi connectivity index (χ0v) is 17.2. The summed E-state index contributed by atoms with van der Waals surface area (Å²) in [4.78, 5) is 26.5. The number of carbonyl (C=O) groups excluding carboxylic acids is 1. The van der Waals surface area contributed by atoms with E-state index >= 15 is 0 Å². The summed E-state index contributed by atoms with van der Waals surface area (Å²) in [5, 5.41) is 6.07. The van der Waals surface area contributed by atoms with Crippen molar-refractivity contribution in [2.45, 2.75) is 4.90 Å². The van der Waals surface area contributed by atoms with Gasteiger partial charge in [-0.1, -0.05) is 11.3 Å². The Bertz CT molecular complexity index is 1140. The molecule has 1 saturated heterocycles. The van der Waals surface area contributed by atoms with Crippen LogP contribution in [0.4, 0.5) is 5.13 Å². The number of thiazole rings is 1. The maximum atomic E-state index is 13.0. The summed E-state index contributed by atoms with van der Waals surface area (Å²) in [6, 6.07) is 7.81. The number of pyridine rings is 1. The highest BCUT2D eigenvalue weighted by molar-refractivity contribution is 7.89. The Labute approximate surface area is 171 Å². The first-order valence-corrected chi connectivity index (χ1v) is 11.2. The Hall–Kier alpha value is -2.76. The molecule has 1 amide bonds. The normalized spacial score (nSPS) is 15.0. The van der Waals surface area contributed by atoms with Gasteiger partial charge in [0.2, 0.25) is 10.0 Å². The molecule has 0 radical (unpaired) electrons. The average molecular weight is 434 g/mol. The van der Waals surface area contributed by atoms with E-state index in [4.69, 9.17) is 9.88 Å². The van der Waals surface area contributed by atoms with Crippen LogP contribution in [0.1, 0.15) is 10.4 Å². The van der Waals surface area contributed by atoms with E-state index in [1.165, 1.54) is 36.6 Å². The number of rotatable bonds is 4. The van der Waals surface area contributed by atoms with Crippen LogP contribution in [0, 0.1) is 0 Å². The number of carbonyl (C=O) groups is 1. The molecule has 3 aromatic rings. The Balaban J connectivity index is 1.52.